The van der Waals surface area contributed by atoms with Gasteiger partial charge in [-0.25, -0.2) is 0 Å². The van der Waals surface area contributed by atoms with E-state index in [1.807, 2.05) is 6.07 Å². The Balaban J connectivity index is 2.71. The van der Waals surface area contributed by atoms with Crippen molar-refractivity contribution < 1.29 is 9.53 Å². The summed E-state index contributed by atoms with van der Waals surface area (Å²) in [4.78, 5) is 13.5. The second kappa shape index (κ2) is 6.95. The minimum Gasteiger partial charge on any atom is -0.370 e. The molecule has 18 heavy (non-hydrogen) atoms. The van der Waals surface area contributed by atoms with Gasteiger partial charge in [0.25, 0.3) is 5.91 Å². The zero-order chi connectivity index (χ0) is 13.7. The molecule has 0 aliphatic heterocycles. The predicted octanol–water partition coefficient (Wildman–Crippen LogP) is 1.93. The van der Waals surface area contributed by atoms with E-state index in [0.717, 1.165) is 5.56 Å². The molecule has 0 saturated heterocycles. The van der Waals surface area contributed by atoms with E-state index in [1.54, 1.807) is 24.1 Å². The van der Waals surface area contributed by atoms with Crippen LogP contribution in [-0.4, -0.2) is 37.6 Å². The quantitative estimate of drug-likeness (QED) is 0.901. The summed E-state index contributed by atoms with van der Waals surface area (Å²) in [5.74, 6) is -0.161. The van der Waals surface area contributed by atoms with Gasteiger partial charge in [0.05, 0.1) is 10.0 Å². The molecule has 0 spiro atoms. The highest BCUT2D eigenvalue weighted by molar-refractivity contribution is 6.42. The second-order valence-corrected chi connectivity index (χ2v) is 4.72. The van der Waals surface area contributed by atoms with Gasteiger partial charge in [-0.3, -0.25) is 4.79 Å². The van der Waals surface area contributed by atoms with Crippen LogP contribution in [0.15, 0.2) is 18.2 Å². The molecule has 0 bridgehead atoms. The average molecular weight is 291 g/mol. The van der Waals surface area contributed by atoms with Crippen LogP contribution in [0.5, 0.6) is 0 Å². The number of halogens is 2. The molecule has 0 saturated carbocycles. The molecule has 0 radical (unpaired) electrons. The summed E-state index contributed by atoms with van der Waals surface area (Å²) in [6.07, 6.45) is -0.613. The Morgan fingerprint density at radius 3 is 2.61 bits per heavy atom. The summed E-state index contributed by atoms with van der Waals surface area (Å²) < 4.78 is 5.00. The summed E-state index contributed by atoms with van der Waals surface area (Å²) in [5.41, 5.74) is 6.34. The van der Waals surface area contributed by atoms with Crippen LogP contribution in [0.25, 0.3) is 0 Å². The van der Waals surface area contributed by atoms with Gasteiger partial charge in [0.2, 0.25) is 0 Å². The van der Waals surface area contributed by atoms with Crippen molar-refractivity contribution in [2.45, 2.75) is 12.6 Å². The third kappa shape index (κ3) is 3.85. The Labute approximate surface area is 117 Å². The van der Waals surface area contributed by atoms with Crippen LogP contribution in [0.1, 0.15) is 5.56 Å². The minimum absolute atomic E-state index is 0.154. The molecule has 1 unspecified atom stereocenters. The van der Waals surface area contributed by atoms with Gasteiger partial charge >= 0.3 is 0 Å². The first-order valence-electron chi connectivity index (χ1n) is 5.41. The number of amides is 1. The summed E-state index contributed by atoms with van der Waals surface area (Å²) in [5, 5.41) is 0.961. The molecular formula is C12H16Cl2N2O2. The molecule has 2 N–H and O–H groups in total. The fourth-order valence-electron chi connectivity index (χ4n) is 1.53. The van der Waals surface area contributed by atoms with Crippen LogP contribution >= 0.6 is 23.2 Å². The number of rotatable bonds is 5. The van der Waals surface area contributed by atoms with Gasteiger partial charge in [0, 0.05) is 27.2 Å². The van der Waals surface area contributed by atoms with Crippen LogP contribution in [0, 0.1) is 0 Å². The van der Waals surface area contributed by atoms with E-state index in [4.69, 9.17) is 33.7 Å². The minimum atomic E-state index is -0.613. The molecule has 100 valence electrons. The lowest BCUT2D eigenvalue weighted by atomic mass is 10.2. The molecule has 6 heteroatoms. The smallest absolute Gasteiger partial charge is 0.253 e. The molecule has 1 atom stereocenters. The second-order valence-electron chi connectivity index (χ2n) is 3.90. The molecule has 0 aromatic heterocycles. The Morgan fingerprint density at radius 2 is 2.11 bits per heavy atom. The topological polar surface area (TPSA) is 55.6 Å². The molecule has 1 aromatic rings. The van der Waals surface area contributed by atoms with Gasteiger partial charge in [-0.15, -0.1) is 0 Å². The fraction of sp³-hybridized carbons (Fsp3) is 0.417. The number of carbonyl (C=O) groups excluding carboxylic acids is 1. The first-order valence-corrected chi connectivity index (χ1v) is 6.17. The van der Waals surface area contributed by atoms with E-state index >= 15 is 0 Å². The highest BCUT2D eigenvalue weighted by Crippen LogP contribution is 2.23. The first kappa shape index (κ1) is 15.2. The molecule has 4 nitrogen and oxygen atoms in total. The molecular weight excluding hydrogens is 275 g/mol. The Hall–Kier alpha value is -0.810. The molecule has 0 aliphatic carbocycles. The summed E-state index contributed by atoms with van der Waals surface area (Å²) >= 11 is 11.7. The van der Waals surface area contributed by atoms with Crippen molar-refractivity contribution in [3.8, 4) is 0 Å². The molecule has 1 amide bonds. The van der Waals surface area contributed by atoms with Crippen molar-refractivity contribution in [2.75, 3.05) is 20.7 Å². The van der Waals surface area contributed by atoms with E-state index in [2.05, 4.69) is 0 Å². The van der Waals surface area contributed by atoms with Crippen LogP contribution < -0.4 is 5.73 Å². The number of hydrogen-bond donors (Lipinski definition) is 1. The Kier molecular flexibility index (Phi) is 5.88. The average Bonchev–Trinajstić information content (AvgIpc) is 2.35. The number of carbonyl (C=O) groups is 1. The van der Waals surface area contributed by atoms with Gasteiger partial charge in [-0.2, -0.15) is 0 Å². The van der Waals surface area contributed by atoms with Gasteiger partial charge < -0.3 is 15.4 Å². The van der Waals surface area contributed by atoms with E-state index in [0.29, 0.717) is 16.6 Å². The van der Waals surface area contributed by atoms with Crippen molar-refractivity contribution >= 4 is 29.1 Å². The Morgan fingerprint density at radius 1 is 1.44 bits per heavy atom. The number of nitrogens with two attached hydrogens (primary N) is 1. The lowest BCUT2D eigenvalue weighted by Crippen LogP contribution is -2.41. The maximum Gasteiger partial charge on any atom is 0.253 e. The third-order valence-corrected chi connectivity index (χ3v) is 3.29. The van der Waals surface area contributed by atoms with Crippen LogP contribution in [0.2, 0.25) is 10.0 Å². The maximum atomic E-state index is 11.9. The van der Waals surface area contributed by atoms with Crippen LogP contribution in [-0.2, 0) is 16.1 Å². The highest BCUT2D eigenvalue weighted by Gasteiger charge is 2.20. The van der Waals surface area contributed by atoms with E-state index < -0.39 is 6.10 Å². The van der Waals surface area contributed by atoms with E-state index in [9.17, 15) is 4.79 Å². The maximum absolute atomic E-state index is 11.9. The van der Waals surface area contributed by atoms with Gasteiger partial charge in [-0.05, 0) is 17.7 Å². The molecule has 1 rings (SSSR count). The van der Waals surface area contributed by atoms with Crippen molar-refractivity contribution in [1.82, 2.24) is 4.90 Å². The molecule has 1 aromatic carbocycles. The monoisotopic (exact) mass is 290 g/mol. The fourth-order valence-corrected chi connectivity index (χ4v) is 1.85. The predicted molar refractivity (Wildman–Crippen MR) is 72.8 cm³/mol. The van der Waals surface area contributed by atoms with Crippen LogP contribution in [0.3, 0.4) is 0 Å². The summed E-state index contributed by atoms with van der Waals surface area (Å²) in [7, 11) is 3.15. The highest BCUT2D eigenvalue weighted by atomic mass is 35.5. The van der Waals surface area contributed by atoms with Crippen molar-refractivity contribution in [2.24, 2.45) is 5.73 Å². The van der Waals surface area contributed by atoms with Gasteiger partial charge in [0.15, 0.2) is 0 Å². The SMILES string of the molecule is COC(CN)C(=O)N(C)Cc1ccc(Cl)c(Cl)c1. The van der Waals surface area contributed by atoms with Crippen molar-refractivity contribution in [1.29, 1.82) is 0 Å². The lowest BCUT2D eigenvalue weighted by Gasteiger charge is -2.22. The molecule has 0 aliphatic rings. The van der Waals surface area contributed by atoms with Crippen molar-refractivity contribution in [3.05, 3.63) is 33.8 Å². The Bertz CT molecular complexity index is 423. The largest absolute Gasteiger partial charge is 0.370 e. The summed E-state index contributed by atoms with van der Waals surface area (Å²) in [6, 6.07) is 5.26. The normalized spacial score (nSPS) is 12.3. The first-order chi connectivity index (χ1) is 8.49. The lowest BCUT2D eigenvalue weighted by molar-refractivity contribution is -0.140. The van der Waals surface area contributed by atoms with Crippen molar-refractivity contribution in [3.63, 3.8) is 0 Å². The number of likely N-dealkylation sites (N-methyl/N-ethyl adjacent to an activating group) is 1. The number of nitrogens with zero attached hydrogens (tertiary/aromatic N) is 1. The number of hydrogen-bond acceptors (Lipinski definition) is 3. The number of benzene rings is 1. The van der Waals surface area contributed by atoms with Crippen LogP contribution in [0.4, 0.5) is 0 Å². The summed E-state index contributed by atoms with van der Waals surface area (Å²) in [6.45, 7) is 0.580. The zero-order valence-electron chi connectivity index (χ0n) is 10.3. The molecule has 0 fully saturated rings. The van der Waals surface area contributed by atoms with Gasteiger partial charge in [-0.1, -0.05) is 29.3 Å². The van der Waals surface area contributed by atoms with E-state index in [-0.39, 0.29) is 12.5 Å². The van der Waals surface area contributed by atoms with E-state index in [1.165, 1.54) is 7.11 Å². The standard InChI is InChI=1S/C12H16Cl2N2O2/c1-16(12(17)11(6-15)18-2)7-8-3-4-9(13)10(14)5-8/h3-5,11H,6-7,15H2,1-2H3. The third-order valence-electron chi connectivity index (χ3n) is 2.55. The number of methoxy groups -OCH3 is 1. The van der Waals surface area contributed by atoms with Gasteiger partial charge in [0.1, 0.15) is 6.10 Å². The molecule has 0 heterocycles. The number of ether oxygens (including phenoxy) is 1. The zero-order valence-corrected chi connectivity index (χ0v) is 11.8.